The summed E-state index contributed by atoms with van der Waals surface area (Å²) in [6.07, 6.45) is 5.36. The van der Waals surface area contributed by atoms with Gasteiger partial charge in [0.1, 0.15) is 21.0 Å². The van der Waals surface area contributed by atoms with E-state index in [9.17, 15) is 4.79 Å². The molecule has 2 fully saturated rings. The zero-order chi connectivity index (χ0) is 29.4. The van der Waals surface area contributed by atoms with Crippen molar-refractivity contribution < 1.29 is 9.63 Å². The summed E-state index contributed by atoms with van der Waals surface area (Å²) >= 11 is 1.53. The highest BCUT2D eigenvalue weighted by Crippen LogP contribution is 2.37. The number of nitrogens with zero attached hydrogens (tertiary/aromatic N) is 7. The van der Waals surface area contributed by atoms with Gasteiger partial charge in [0.2, 0.25) is 0 Å². The van der Waals surface area contributed by atoms with Crippen molar-refractivity contribution in [1.82, 2.24) is 30.3 Å². The summed E-state index contributed by atoms with van der Waals surface area (Å²) in [5.74, 6) is -0.514. The molecule has 10 heteroatoms. The minimum atomic E-state index is -0.514. The SMILES string of the molecule is CC1(C)CCC(N2CCN(c3ccc(-c4nnc(-c5ccc(C(=O)On6nnc7ccccc76)cc5)s4)cc3)CC2)CC1. The summed E-state index contributed by atoms with van der Waals surface area (Å²) in [4.78, 5) is 24.5. The van der Waals surface area contributed by atoms with Gasteiger partial charge in [-0.2, -0.15) is 0 Å². The van der Waals surface area contributed by atoms with E-state index in [1.807, 2.05) is 30.3 Å². The van der Waals surface area contributed by atoms with E-state index in [4.69, 9.17) is 4.84 Å². The summed E-state index contributed by atoms with van der Waals surface area (Å²) in [7, 11) is 0. The van der Waals surface area contributed by atoms with E-state index in [0.717, 1.165) is 58.2 Å². The lowest BCUT2D eigenvalue weighted by atomic mass is 9.75. The molecule has 3 heterocycles. The maximum absolute atomic E-state index is 12.7. The predicted octanol–water partition coefficient (Wildman–Crippen LogP) is 5.98. The molecule has 1 saturated carbocycles. The summed E-state index contributed by atoms with van der Waals surface area (Å²) in [6, 6.07) is 23.9. The Hall–Kier alpha value is -4.15. The second-order valence-electron chi connectivity index (χ2n) is 12.3. The Morgan fingerprint density at radius 2 is 1.44 bits per heavy atom. The number of rotatable bonds is 6. The number of carbonyl (C=O) groups is 1. The smallest absolute Gasteiger partial charge is 0.365 e. The highest BCUT2D eigenvalue weighted by atomic mass is 32.1. The first-order valence-corrected chi connectivity index (χ1v) is 15.8. The Kier molecular flexibility index (Phi) is 7.40. The minimum Gasteiger partial charge on any atom is -0.369 e. The van der Waals surface area contributed by atoms with E-state index in [-0.39, 0.29) is 0 Å². The molecule has 220 valence electrons. The topological polar surface area (TPSA) is 89.3 Å². The van der Waals surface area contributed by atoms with Crippen LogP contribution in [0.3, 0.4) is 0 Å². The highest BCUT2D eigenvalue weighted by molar-refractivity contribution is 7.17. The molecule has 7 rings (SSSR count). The second kappa shape index (κ2) is 11.5. The lowest BCUT2D eigenvalue weighted by molar-refractivity contribution is 0.0409. The van der Waals surface area contributed by atoms with Crippen LogP contribution in [0.5, 0.6) is 0 Å². The van der Waals surface area contributed by atoms with Gasteiger partial charge < -0.3 is 9.74 Å². The summed E-state index contributed by atoms with van der Waals surface area (Å²) in [5.41, 5.74) is 5.42. The highest BCUT2D eigenvalue weighted by Gasteiger charge is 2.31. The normalized spacial score (nSPS) is 17.8. The van der Waals surface area contributed by atoms with Crippen molar-refractivity contribution in [3.8, 4) is 21.1 Å². The molecule has 0 unspecified atom stereocenters. The van der Waals surface area contributed by atoms with Gasteiger partial charge in [-0.3, -0.25) is 4.90 Å². The molecule has 0 radical (unpaired) electrons. The molecule has 0 N–H and O–H groups in total. The Balaban J connectivity index is 0.956. The Morgan fingerprint density at radius 1 is 0.814 bits per heavy atom. The third kappa shape index (κ3) is 5.89. The molecule has 0 spiro atoms. The molecule has 1 aliphatic heterocycles. The van der Waals surface area contributed by atoms with Crippen molar-refractivity contribution in [1.29, 1.82) is 0 Å². The standard InChI is InChI=1S/C33H35N7O2S/c1-33(2)17-15-27(16-18-33)39-21-19-38(20-22-39)26-13-11-24(12-14-26)31-36-35-30(43-31)23-7-9-25(10-8-23)32(41)42-40-29-6-4-3-5-28(29)34-37-40/h3-14,27H,15-22H2,1-2H3. The van der Waals surface area contributed by atoms with E-state index in [0.29, 0.717) is 22.0 Å². The molecular weight excluding hydrogens is 558 g/mol. The van der Waals surface area contributed by atoms with Crippen LogP contribution >= 0.6 is 11.3 Å². The van der Waals surface area contributed by atoms with Crippen LogP contribution in [-0.4, -0.2) is 68.4 Å². The lowest BCUT2D eigenvalue weighted by Crippen LogP contribution is -2.51. The van der Waals surface area contributed by atoms with Gasteiger partial charge in [0.05, 0.1) is 5.56 Å². The van der Waals surface area contributed by atoms with E-state index in [1.165, 1.54) is 42.7 Å². The van der Waals surface area contributed by atoms with Crippen molar-refractivity contribution >= 4 is 34.0 Å². The molecule has 1 aliphatic carbocycles. The van der Waals surface area contributed by atoms with Gasteiger partial charge in [0, 0.05) is 49.0 Å². The molecule has 5 aromatic rings. The number of hydrogen-bond acceptors (Lipinski definition) is 9. The number of fused-ring (bicyclic) bond motifs is 1. The maximum Gasteiger partial charge on any atom is 0.365 e. The van der Waals surface area contributed by atoms with Gasteiger partial charge >= 0.3 is 5.97 Å². The Labute approximate surface area is 255 Å². The molecular formula is C33H35N7O2S. The van der Waals surface area contributed by atoms with Crippen LogP contribution in [0.15, 0.2) is 72.8 Å². The van der Waals surface area contributed by atoms with E-state index in [1.54, 1.807) is 18.2 Å². The van der Waals surface area contributed by atoms with Crippen molar-refractivity contribution in [2.75, 3.05) is 31.1 Å². The fourth-order valence-corrected chi connectivity index (χ4v) is 7.02. The molecule has 9 nitrogen and oxygen atoms in total. The second-order valence-corrected chi connectivity index (χ2v) is 13.3. The number of aromatic nitrogens is 5. The first-order chi connectivity index (χ1) is 20.9. The minimum absolute atomic E-state index is 0.409. The fraction of sp³-hybridized carbons (Fsp3) is 0.364. The van der Waals surface area contributed by atoms with Crippen LogP contribution < -0.4 is 9.74 Å². The number of piperazine rings is 1. The van der Waals surface area contributed by atoms with Gasteiger partial charge in [0.15, 0.2) is 0 Å². The van der Waals surface area contributed by atoms with Gasteiger partial charge in [-0.15, -0.1) is 15.3 Å². The van der Waals surface area contributed by atoms with E-state index >= 15 is 0 Å². The molecule has 0 amide bonds. The molecule has 3 aromatic carbocycles. The Morgan fingerprint density at radius 3 is 2.12 bits per heavy atom. The van der Waals surface area contributed by atoms with Crippen LogP contribution in [0.2, 0.25) is 0 Å². The van der Waals surface area contributed by atoms with Crippen molar-refractivity contribution in [3.05, 3.63) is 78.4 Å². The lowest BCUT2D eigenvalue weighted by Gasteiger charge is -2.44. The first-order valence-electron chi connectivity index (χ1n) is 15.0. The first kappa shape index (κ1) is 27.7. The number of hydrogen-bond donors (Lipinski definition) is 0. The van der Waals surface area contributed by atoms with E-state index in [2.05, 4.69) is 68.4 Å². The third-order valence-corrected chi connectivity index (χ3v) is 9.92. The largest absolute Gasteiger partial charge is 0.369 e. The monoisotopic (exact) mass is 593 g/mol. The van der Waals surface area contributed by atoms with Crippen LogP contribution in [-0.2, 0) is 0 Å². The van der Waals surface area contributed by atoms with Gasteiger partial charge in [-0.25, -0.2) is 4.79 Å². The van der Waals surface area contributed by atoms with Gasteiger partial charge in [-0.1, -0.05) is 54.3 Å². The summed E-state index contributed by atoms with van der Waals surface area (Å²) < 4.78 is 0. The maximum atomic E-state index is 12.7. The summed E-state index contributed by atoms with van der Waals surface area (Å²) in [6.45, 7) is 9.24. The number of benzene rings is 3. The van der Waals surface area contributed by atoms with Crippen molar-refractivity contribution in [2.45, 2.75) is 45.6 Å². The van der Waals surface area contributed by atoms with Crippen molar-refractivity contribution in [2.24, 2.45) is 5.41 Å². The zero-order valence-electron chi connectivity index (χ0n) is 24.5. The third-order valence-electron chi connectivity index (χ3n) is 8.90. The molecule has 0 atom stereocenters. The zero-order valence-corrected chi connectivity index (χ0v) is 25.3. The van der Waals surface area contributed by atoms with Gasteiger partial charge in [-0.05, 0) is 84.8 Å². The molecule has 0 bridgehead atoms. The van der Waals surface area contributed by atoms with Crippen LogP contribution in [0, 0.1) is 5.41 Å². The molecule has 2 aromatic heterocycles. The molecule has 43 heavy (non-hydrogen) atoms. The average molecular weight is 594 g/mol. The van der Waals surface area contributed by atoms with Gasteiger partial charge in [0.25, 0.3) is 0 Å². The summed E-state index contributed by atoms with van der Waals surface area (Å²) in [5, 5.41) is 18.5. The fourth-order valence-electron chi connectivity index (χ4n) is 6.16. The number of para-hydroxylation sites is 1. The van der Waals surface area contributed by atoms with Crippen LogP contribution in [0.25, 0.3) is 32.2 Å². The van der Waals surface area contributed by atoms with Crippen LogP contribution in [0.4, 0.5) is 5.69 Å². The van der Waals surface area contributed by atoms with Crippen LogP contribution in [0.1, 0.15) is 49.9 Å². The van der Waals surface area contributed by atoms with Crippen molar-refractivity contribution in [3.63, 3.8) is 0 Å². The molecule has 1 saturated heterocycles. The Bertz CT molecular complexity index is 1710. The van der Waals surface area contributed by atoms with E-state index < -0.39 is 5.97 Å². The quantitative estimate of drug-likeness (QED) is 0.222. The predicted molar refractivity (Wildman–Crippen MR) is 169 cm³/mol. The average Bonchev–Trinajstić information content (AvgIpc) is 3.70. The number of carbonyl (C=O) groups excluding carboxylic acids is 1. The molecule has 2 aliphatic rings. The number of anilines is 1.